The van der Waals surface area contributed by atoms with E-state index in [2.05, 4.69) is 11.9 Å². The second-order valence-corrected chi connectivity index (χ2v) is 3.90. The molecule has 0 aliphatic carbocycles. The Bertz CT molecular complexity index is 377. The number of ether oxygens (including phenoxy) is 2. The molecule has 0 unspecified atom stereocenters. The second-order valence-electron chi connectivity index (χ2n) is 3.90. The van der Waals surface area contributed by atoms with Crippen LogP contribution in [0.2, 0.25) is 0 Å². The number of carbonyl (C=O) groups excluding carboxylic acids is 1. The van der Waals surface area contributed by atoms with Gasteiger partial charge in [0.25, 0.3) is 0 Å². The van der Waals surface area contributed by atoms with Crippen molar-refractivity contribution in [1.29, 1.82) is 0 Å². The average Bonchev–Trinajstić information content (AvgIpc) is 2.29. The Hall–Kier alpha value is -1.58. The van der Waals surface area contributed by atoms with Gasteiger partial charge in [-0.3, -0.25) is 9.78 Å². The van der Waals surface area contributed by atoms with Crippen LogP contribution in [0.4, 0.5) is 0 Å². The summed E-state index contributed by atoms with van der Waals surface area (Å²) in [5.74, 6) is 0.438. The van der Waals surface area contributed by atoms with E-state index in [-0.39, 0.29) is 12.6 Å². The van der Waals surface area contributed by atoms with Gasteiger partial charge in [-0.05, 0) is 19.4 Å². The molecule has 0 radical (unpaired) electrons. The molecule has 4 nitrogen and oxygen atoms in total. The molecule has 0 aromatic carbocycles. The molecular weight excluding hydrogens is 218 g/mol. The monoisotopic (exact) mass is 237 g/mol. The van der Waals surface area contributed by atoms with Crippen molar-refractivity contribution in [2.75, 3.05) is 6.61 Å². The van der Waals surface area contributed by atoms with E-state index in [0.29, 0.717) is 6.61 Å². The van der Waals surface area contributed by atoms with Crippen LogP contribution in [0.5, 0.6) is 5.75 Å². The number of nitrogens with zero attached hydrogens (tertiary/aromatic N) is 1. The van der Waals surface area contributed by atoms with Gasteiger partial charge in [-0.15, -0.1) is 0 Å². The summed E-state index contributed by atoms with van der Waals surface area (Å²) in [5, 5.41) is 0. The number of pyridine rings is 1. The minimum absolute atomic E-state index is 0.249. The lowest BCUT2D eigenvalue weighted by atomic mass is 10.2. The first-order chi connectivity index (χ1) is 8.13. The van der Waals surface area contributed by atoms with E-state index in [1.165, 1.54) is 6.92 Å². The van der Waals surface area contributed by atoms with Crippen LogP contribution < -0.4 is 4.74 Å². The van der Waals surface area contributed by atoms with Gasteiger partial charge in [0.1, 0.15) is 12.4 Å². The summed E-state index contributed by atoms with van der Waals surface area (Å²) < 4.78 is 10.5. The van der Waals surface area contributed by atoms with Gasteiger partial charge in [0.15, 0.2) is 0 Å². The molecule has 0 bridgehead atoms. The zero-order valence-corrected chi connectivity index (χ0v) is 10.7. The molecule has 0 fully saturated rings. The largest absolute Gasteiger partial charge is 0.492 e. The van der Waals surface area contributed by atoms with Crippen molar-refractivity contribution in [1.82, 2.24) is 4.98 Å². The summed E-state index contributed by atoms with van der Waals surface area (Å²) in [7, 11) is 0. The number of hydrogen-bond acceptors (Lipinski definition) is 4. The molecule has 0 amide bonds. The normalized spacial score (nSPS) is 10.1. The predicted molar refractivity (Wildman–Crippen MR) is 64.8 cm³/mol. The molecule has 0 aliphatic heterocycles. The Kier molecular flexibility index (Phi) is 5.46. The lowest BCUT2D eigenvalue weighted by Crippen LogP contribution is -2.03. The number of rotatable bonds is 6. The summed E-state index contributed by atoms with van der Waals surface area (Å²) in [6.45, 7) is 6.33. The summed E-state index contributed by atoms with van der Waals surface area (Å²) in [6, 6.07) is 1.88. The van der Waals surface area contributed by atoms with Crippen LogP contribution in [0.3, 0.4) is 0 Å². The smallest absolute Gasteiger partial charge is 0.302 e. The highest BCUT2D eigenvalue weighted by atomic mass is 16.5. The number of hydrogen-bond donors (Lipinski definition) is 0. The number of esters is 1. The van der Waals surface area contributed by atoms with Crippen molar-refractivity contribution in [3.05, 3.63) is 23.5 Å². The zero-order valence-electron chi connectivity index (χ0n) is 10.7. The van der Waals surface area contributed by atoms with E-state index in [9.17, 15) is 4.79 Å². The predicted octanol–water partition coefficient (Wildman–Crippen LogP) is 2.63. The molecular formula is C13H19NO3. The van der Waals surface area contributed by atoms with Gasteiger partial charge in [-0.2, -0.15) is 0 Å². The van der Waals surface area contributed by atoms with Gasteiger partial charge < -0.3 is 9.47 Å². The molecule has 0 aliphatic rings. The van der Waals surface area contributed by atoms with E-state index in [0.717, 1.165) is 29.8 Å². The van der Waals surface area contributed by atoms with Crippen molar-refractivity contribution in [3.63, 3.8) is 0 Å². The zero-order chi connectivity index (χ0) is 12.7. The summed E-state index contributed by atoms with van der Waals surface area (Å²) in [6.07, 6.45) is 3.81. The standard InChI is InChI=1S/C13H19NO3/c1-4-5-6-16-13-7-12(9-17-11(3)15)10(2)14-8-13/h7-8H,4-6,9H2,1-3H3. The Morgan fingerprint density at radius 1 is 1.47 bits per heavy atom. The Morgan fingerprint density at radius 2 is 2.24 bits per heavy atom. The van der Waals surface area contributed by atoms with Crippen LogP contribution in [0.15, 0.2) is 12.3 Å². The molecule has 0 atom stereocenters. The third-order valence-corrected chi connectivity index (χ3v) is 2.36. The van der Waals surface area contributed by atoms with Crippen LogP contribution >= 0.6 is 0 Å². The fourth-order valence-corrected chi connectivity index (χ4v) is 1.30. The molecule has 1 aromatic rings. The third-order valence-electron chi connectivity index (χ3n) is 2.36. The highest BCUT2D eigenvalue weighted by Gasteiger charge is 2.04. The minimum Gasteiger partial charge on any atom is -0.492 e. The van der Waals surface area contributed by atoms with E-state index >= 15 is 0 Å². The summed E-state index contributed by atoms with van der Waals surface area (Å²) in [5.41, 5.74) is 1.74. The SMILES string of the molecule is CCCCOc1cnc(C)c(COC(C)=O)c1. The molecule has 4 heteroatoms. The Morgan fingerprint density at radius 3 is 2.88 bits per heavy atom. The fraction of sp³-hybridized carbons (Fsp3) is 0.538. The quantitative estimate of drug-likeness (QED) is 0.563. The van der Waals surface area contributed by atoms with Crippen molar-refractivity contribution >= 4 is 5.97 Å². The first-order valence-corrected chi connectivity index (χ1v) is 5.85. The number of unbranched alkanes of at least 4 members (excludes halogenated alkanes) is 1. The molecule has 17 heavy (non-hydrogen) atoms. The molecule has 1 heterocycles. The maximum Gasteiger partial charge on any atom is 0.302 e. The lowest BCUT2D eigenvalue weighted by molar-refractivity contribution is -0.142. The van der Waals surface area contributed by atoms with Crippen molar-refractivity contribution in [2.45, 2.75) is 40.2 Å². The maximum atomic E-state index is 10.8. The van der Waals surface area contributed by atoms with Crippen LogP contribution in [0, 0.1) is 6.92 Å². The number of carbonyl (C=O) groups is 1. The molecule has 0 spiro atoms. The number of aryl methyl sites for hydroxylation is 1. The van der Waals surface area contributed by atoms with Gasteiger partial charge >= 0.3 is 5.97 Å². The summed E-state index contributed by atoms with van der Waals surface area (Å²) in [4.78, 5) is 15.0. The van der Waals surface area contributed by atoms with Crippen molar-refractivity contribution in [2.24, 2.45) is 0 Å². The maximum absolute atomic E-state index is 10.8. The molecule has 94 valence electrons. The lowest BCUT2D eigenvalue weighted by Gasteiger charge is -2.09. The molecule has 1 aromatic heterocycles. The van der Waals surface area contributed by atoms with Gasteiger partial charge in [-0.1, -0.05) is 13.3 Å². The van der Waals surface area contributed by atoms with Crippen LogP contribution in [-0.4, -0.2) is 17.6 Å². The fourth-order valence-electron chi connectivity index (χ4n) is 1.30. The average molecular weight is 237 g/mol. The van der Waals surface area contributed by atoms with Gasteiger partial charge in [0, 0.05) is 18.2 Å². The van der Waals surface area contributed by atoms with Crippen molar-refractivity contribution in [3.8, 4) is 5.75 Å². The first kappa shape index (κ1) is 13.5. The number of aromatic nitrogens is 1. The van der Waals surface area contributed by atoms with Gasteiger partial charge in [0.2, 0.25) is 0 Å². The van der Waals surface area contributed by atoms with Crippen molar-refractivity contribution < 1.29 is 14.3 Å². The van der Waals surface area contributed by atoms with E-state index < -0.39 is 0 Å². The third kappa shape index (κ3) is 4.85. The van der Waals surface area contributed by atoms with Crippen LogP contribution in [0.1, 0.15) is 37.9 Å². The minimum atomic E-state index is -0.290. The topological polar surface area (TPSA) is 48.4 Å². The Balaban J connectivity index is 2.62. The van der Waals surface area contributed by atoms with Gasteiger partial charge in [-0.25, -0.2) is 0 Å². The van der Waals surface area contributed by atoms with E-state index in [4.69, 9.17) is 9.47 Å². The molecule has 0 saturated heterocycles. The highest BCUT2D eigenvalue weighted by molar-refractivity contribution is 5.65. The molecule has 0 saturated carbocycles. The molecule has 0 N–H and O–H groups in total. The van der Waals surface area contributed by atoms with Crippen LogP contribution in [0.25, 0.3) is 0 Å². The van der Waals surface area contributed by atoms with E-state index in [1.54, 1.807) is 6.20 Å². The summed E-state index contributed by atoms with van der Waals surface area (Å²) >= 11 is 0. The van der Waals surface area contributed by atoms with E-state index in [1.807, 2.05) is 13.0 Å². The second kappa shape index (κ2) is 6.89. The molecule has 1 rings (SSSR count). The van der Waals surface area contributed by atoms with Gasteiger partial charge in [0.05, 0.1) is 12.8 Å². The Labute approximate surface area is 102 Å². The van der Waals surface area contributed by atoms with Crippen LogP contribution in [-0.2, 0) is 16.1 Å². The first-order valence-electron chi connectivity index (χ1n) is 5.85. The highest BCUT2D eigenvalue weighted by Crippen LogP contribution is 2.16.